The van der Waals surface area contributed by atoms with Gasteiger partial charge in [0.05, 0.1) is 4.92 Å². The molecule has 0 aliphatic heterocycles. The van der Waals surface area contributed by atoms with E-state index in [1.54, 1.807) is 0 Å². The zero-order chi connectivity index (χ0) is 13.3. The average Bonchev–Trinajstić information content (AvgIpc) is 2.84. The van der Waals surface area contributed by atoms with Gasteiger partial charge in [0, 0.05) is 12.1 Å². The fraction of sp³-hybridized carbons (Fsp3) is 0.500. The first-order chi connectivity index (χ1) is 8.50. The Morgan fingerprint density at radius 3 is 2.50 bits per heavy atom. The lowest BCUT2D eigenvalue weighted by molar-refractivity contribution is -0.386. The van der Waals surface area contributed by atoms with Crippen LogP contribution in [0.4, 0.5) is 5.69 Å². The van der Waals surface area contributed by atoms with E-state index in [9.17, 15) is 20.3 Å². The molecule has 1 saturated carbocycles. The van der Waals surface area contributed by atoms with E-state index in [1.165, 1.54) is 12.1 Å². The van der Waals surface area contributed by atoms with Crippen LogP contribution in [0.1, 0.15) is 37.3 Å². The van der Waals surface area contributed by atoms with Crippen molar-refractivity contribution in [2.75, 3.05) is 0 Å². The molecule has 98 valence electrons. The van der Waals surface area contributed by atoms with Crippen LogP contribution in [0.5, 0.6) is 11.5 Å². The molecule has 2 rings (SSSR count). The van der Waals surface area contributed by atoms with Crippen LogP contribution in [0.25, 0.3) is 0 Å². The number of benzene rings is 1. The summed E-state index contributed by atoms with van der Waals surface area (Å²) in [6.07, 6.45) is 4.22. The van der Waals surface area contributed by atoms with E-state index in [2.05, 4.69) is 0 Å². The molecule has 0 aromatic heterocycles. The van der Waals surface area contributed by atoms with Crippen molar-refractivity contribution in [3.63, 3.8) is 0 Å². The number of phenols is 2. The molecule has 4 N–H and O–H groups in total. The zero-order valence-electron chi connectivity index (χ0n) is 9.87. The molecule has 1 fully saturated rings. The molecule has 0 spiro atoms. The lowest BCUT2D eigenvalue weighted by atomic mass is 9.92. The summed E-state index contributed by atoms with van der Waals surface area (Å²) < 4.78 is 0. The number of nitro benzene ring substituents is 1. The van der Waals surface area contributed by atoms with E-state index in [-0.39, 0.29) is 12.0 Å². The maximum absolute atomic E-state index is 10.8. The second kappa shape index (κ2) is 4.81. The van der Waals surface area contributed by atoms with Gasteiger partial charge in [-0.1, -0.05) is 12.8 Å². The molecule has 0 unspecified atom stereocenters. The Labute approximate surface area is 104 Å². The summed E-state index contributed by atoms with van der Waals surface area (Å²) in [7, 11) is 0. The normalized spacial score (nSPS) is 17.8. The summed E-state index contributed by atoms with van der Waals surface area (Å²) in [6, 6.07) is 2.22. The number of nitrogens with zero attached hydrogens (tertiary/aromatic N) is 1. The summed E-state index contributed by atoms with van der Waals surface area (Å²) in [5.74, 6) is -0.913. The maximum atomic E-state index is 10.8. The van der Waals surface area contributed by atoms with Gasteiger partial charge in [0.25, 0.3) is 0 Å². The Morgan fingerprint density at radius 2 is 1.94 bits per heavy atom. The van der Waals surface area contributed by atoms with Crippen molar-refractivity contribution in [3.8, 4) is 11.5 Å². The van der Waals surface area contributed by atoms with Gasteiger partial charge in [-0.15, -0.1) is 0 Å². The second-order valence-corrected chi connectivity index (χ2v) is 4.74. The largest absolute Gasteiger partial charge is 0.504 e. The van der Waals surface area contributed by atoms with Crippen LogP contribution in [0.3, 0.4) is 0 Å². The van der Waals surface area contributed by atoms with Crippen LogP contribution >= 0.6 is 0 Å². The number of hydrogen-bond acceptors (Lipinski definition) is 5. The van der Waals surface area contributed by atoms with Crippen LogP contribution in [-0.4, -0.2) is 15.1 Å². The van der Waals surface area contributed by atoms with Gasteiger partial charge in [0.2, 0.25) is 5.75 Å². The highest BCUT2D eigenvalue weighted by atomic mass is 16.6. The van der Waals surface area contributed by atoms with Gasteiger partial charge < -0.3 is 15.9 Å². The Bertz CT molecular complexity index is 469. The summed E-state index contributed by atoms with van der Waals surface area (Å²) in [5, 5.41) is 29.7. The van der Waals surface area contributed by atoms with Crippen molar-refractivity contribution in [1.82, 2.24) is 0 Å². The van der Waals surface area contributed by atoms with Crippen LogP contribution in [0.2, 0.25) is 0 Å². The highest BCUT2D eigenvalue weighted by molar-refractivity contribution is 5.57. The van der Waals surface area contributed by atoms with E-state index < -0.39 is 22.1 Å². The van der Waals surface area contributed by atoms with Gasteiger partial charge >= 0.3 is 5.69 Å². The lowest BCUT2D eigenvalue weighted by Gasteiger charge is -2.19. The fourth-order valence-electron chi connectivity index (χ4n) is 2.55. The van der Waals surface area contributed by atoms with Crippen LogP contribution < -0.4 is 5.73 Å². The third-order valence-corrected chi connectivity index (χ3v) is 3.58. The van der Waals surface area contributed by atoms with Gasteiger partial charge in [0.1, 0.15) is 0 Å². The number of hydrogen-bond donors (Lipinski definition) is 3. The van der Waals surface area contributed by atoms with Gasteiger partial charge in [-0.05, 0) is 30.4 Å². The topological polar surface area (TPSA) is 110 Å². The minimum atomic E-state index is -0.722. The first-order valence-electron chi connectivity index (χ1n) is 5.96. The van der Waals surface area contributed by atoms with Gasteiger partial charge in [-0.25, -0.2) is 0 Å². The number of nitro groups is 1. The molecule has 0 heterocycles. The van der Waals surface area contributed by atoms with Gasteiger partial charge in [-0.3, -0.25) is 10.1 Å². The summed E-state index contributed by atoms with van der Waals surface area (Å²) in [5.41, 5.74) is 6.08. The van der Waals surface area contributed by atoms with Gasteiger partial charge in [-0.2, -0.15) is 0 Å². The summed E-state index contributed by atoms with van der Waals surface area (Å²) >= 11 is 0. The SMILES string of the molecule is N[C@H](c1cc(O)c(O)c([N+](=O)[O-])c1)C1CCCC1. The van der Waals surface area contributed by atoms with Crippen molar-refractivity contribution in [2.24, 2.45) is 11.7 Å². The molecule has 1 aliphatic rings. The van der Waals surface area contributed by atoms with Crippen LogP contribution in [0, 0.1) is 16.0 Å². The molecule has 0 radical (unpaired) electrons. The minimum Gasteiger partial charge on any atom is -0.504 e. The van der Waals surface area contributed by atoms with Crippen molar-refractivity contribution >= 4 is 5.69 Å². The molecule has 1 atom stereocenters. The van der Waals surface area contributed by atoms with Gasteiger partial charge in [0.15, 0.2) is 5.75 Å². The molecule has 0 bridgehead atoms. The van der Waals surface area contributed by atoms with Crippen LogP contribution in [-0.2, 0) is 0 Å². The predicted molar refractivity (Wildman–Crippen MR) is 65.3 cm³/mol. The fourth-order valence-corrected chi connectivity index (χ4v) is 2.55. The summed E-state index contributed by atoms with van der Waals surface area (Å²) in [4.78, 5) is 10.0. The van der Waals surface area contributed by atoms with E-state index in [0.29, 0.717) is 5.56 Å². The molecular formula is C12H16N2O4. The zero-order valence-corrected chi connectivity index (χ0v) is 9.87. The Kier molecular flexibility index (Phi) is 3.38. The highest BCUT2D eigenvalue weighted by Gasteiger charge is 2.27. The predicted octanol–water partition coefficient (Wildman–Crippen LogP) is 2.20. The number of rotatable bonds is 3. The molecule has 0 saturated heterocycles. The monoisotopic (exact) mass is 252 g/mol. The molecule has 1 aliphatic carbocycles. The molecule has 0 amide bonds. The first-order valence-corrected chi connectivity index (χ1v) is 5.96. The van der Waals surface area contributed by atoms with Crippen molar-refractivity contribution in [2.45, 2.75) is 31.7 Å². The Hall–Kier alpha value is -1.82. The quantitative estimate of drug-likeness (QED) is 0.434. The third kappa shape index (κ3) is 2.24. The molecular weight excluding hydrogens is 236 g/mol. The Balaban J connectivity index is 2.35. The van der Waals surface area contributed by atoms with Crippen LogP contribution in [0.15, 0.2) is 12.1 Å². The van der Waals surface area contributed by atoms with Crippen molar-refractivity contribution in [1.29, 1.82) is 0 Å². The second-order valence-electron chi connectivity index (χ2n) is 4.74. The molecule has 1 aromatic carbocycles. The van der Waals surface area contributed by atoms with Crippen molar-refractivity contribution in [3.05, 3.63) is 27.8 Å². The molecule has 6 heteroatoms. The summed E-state index contributed by atoms with van der Waals surface area (Å²) in [6.45, 7) is 0. The van der Waals surface area contributed by atoms with Crippen molar-refractivity contribution < 1.29 is 15.1 Å². The van der Waals surface area contributed by atoms with E-state index in [0.717, 1.165) is 25.7 Å². The Morgan fingerprint density at radius 1 is 1.33 bits per heavy atom. The number of phenolic OH excluding ortho intramolecular Hbond substituents is 2. The lowest BCUT2D eigenvalue weighted by Crippen LogP contribution is -2.19. The maximum Gasteiger partial charge on any atom is 0.314 e. The number of aromatic hydroxyl groups is 2. The third-order valence-electron chi connectivity index (χ3n) is 3.58. The van der Waals surface area contributed by atoms with E-state index in [1.807, 2.05) is 0 Å². The highest BCUT2D eigenvalue weighted by Crippen LogP contribution is 2.41. The smallest absolute Gasteiger partial charge is 0.314 e. The molecule has 6 nitrogen and oxygen atoms in total. The molecule has 18 heavy (non-hydrogen) atoms. The average molecular weight is 252 g/mol. The number of nitrogens with two attached hydrogens (primary N) is 1. The standard InChI is InChI=1S/C12H16N2O4/c13-11(7-3-1-2-4-7)8-5-9(14(17)18)12(16)10(15)6-8/h5-7,11,15-16H,1-4,13H2/t11-/m0/s1. The van der Waals surface area contributed by atoms with E-state index in [4.69, 9.17) is 5.73 Å². The minimum absolute atomic E-state index is 0.286. The first kappa shape index (κ1) is 12.6. The molecule has 1 aromatic rings. The van der Waals surface area contributed by atoms with E-state index >= 15 is 0 Å².